The third-order valence-electron chi connectivity index (χ3n) is 4.65. The molecule has 1 aromatic rings. The maximum Gasteiger partial charge on any atom is 0.237 e. The normalized spacial score (nSPS) is 23.4. The largest absolute Gasteiger partial charge is 0.353 e. The quantitative estimate of drug-likeness (QED) is 0.828. The Morgan fingerprint density at radius 3 is 2.62 bits per heavy atom. The number of amides is 1. The highest BCUT2D eigenvalue weighted by Crippen LogP contribution is 2.20. The molecule has 0 bridgehead atoms. The average Bonchev–Trinajstić information content (AvgIpc) is 3.18. The molecule has 2 N–H and O–H groups in total. The van der Waals surface area contributed by atoms with E-state index >= 15 is 0 Å². The van der Waals surface area contributed by atoms with E-state index in [4.69, 9.17) is 0 Å². The summed E-state index contributed by atoms with van der Waals surface area (Å²) in [5, 5.41) is 6.48. The summed E-state index contributed by atoms with van der Waals surface area (Å²) in [5.74, 6) is -0.0863. The zero-order chi connectivity index (χ0) is 15.4. The lowest BCUT2D eigenvalue weighted by atomic mass is 10.1. The number of rotatable bonds is 5. The van der Waals surface area contributed by atoms with Crippen LogP contribution >= 0.6 is 24.8 Å². The average molecular weight is 378 g/mol. The van der Waals surface area contributed by atoms with E-state index in [0.717, 1.165) is 44.5 Å². The summed E-state index contributed by atoms with van der Waals surface area (Å²) >= 11 is 0. The van der Waals surface area contributed by atoms with E-state index in [0.29, 0.717) is 12.6 Å². The predicted octanol–water partition coefficient (Wildman–Crippen LogP) is 2.50. The standard InChI is InChI=1S/C17H24FN3O.2ClH/c18-14-7-5-13(6-8-14)12-21-10-2-4-16(21)17(22)20-11-15-3-1-9-19-15;;/h5-8,15-16,19H,1-4,9-12H2,(H,20,22);2*1H. The topological polar surface area (TPSA) is 44.4 Å². The molecule has 2 atom stereocenters. The molecule has 24 heavy (non-hydrogen) atoms. The highest BCUT2D eigenvalue weighted by molar-refractivity contribution is 5.85. The summed E-state index contributed by atoms with van der Waals surface area (Å²) in [7, 11) is 0. The molecule has 0 radical (unpaired) electrons. The molecule has 7 heteroatoms. The van der Waals surface area contributed by atoms with Crippen LogP contribution in [0.2, 0.25) is 0 Å². The SMILES string of the molecule is Cl.Cl.O=C(NCC1CCCN1)C1CCCN1Cc1ccc(F)cc1. The maximum atomic E-state index is 13.0. The van der Waals surface area contributed by atoms with Crippen LogP contribution in [0.4, 0.5) is 4.39 Å². The van der Waals surface area contributed by atoms with Gasteiger partial charge >= 0.3 is 0 Å². The Bertz CT molecular complexity index is 509. The Labute approximate surface area is 155 Å². The van der Waals surface area contributed by atoms with E-state index in [1.807, 2.05) is 0 Å². The second-order valence-electron chi connectivity index (χ2n) is 6.29. The van der Waals surface area contributed by atoms with E-state index in [-0.39, 0.29) is 42.6 Å². The van der Waals surface area contributed by atoms with Crippen LogP contribution in [0.5, 0.6) is 0 Å². The molecular weight excluding hydrogens is 352 g/mol. The van der Waals surface area contributed by atoms with Crippen LogP contribution in [0, 0.1) is 5.82 Å². The number of likely N-dealkylation sites (tertiary alicyclic amines) is 1. The Morgan fingerprint density at radius 2 is 1.96 bits per heavy atom. The highest BCUT2D eigenvalue weighted by Gasteiger charge is 2.30. The highest BCUT2D eigenvalue weighted by atomic mass is 35.5. The van der Waals surface area contributed by atoms with Gasteiger partial charge in [0.1, 0.15) is 5.82 Å². The van der Waals surface area contributed by atoms with Gasteiger partial charge in [-0.1, -0.05) is 12.1 Å². The van der Waals surface area contributed by atoms with Crippen molar-refractivity contribution in [3.63, 3.8) is 0 Å². The second-order valence-corrected chi connectivity index (χ2v) is 6.29. The fraction of sp³-hybridized carbons (Fsp3) is 0.588. The first-order chi connectivity index (χ1) is 10.7. The van der Waals surface area contributed by atoms with Crippen molar-refractivity contribution in [1.29, 1.82) is 0 Å². The molecule has 2 aliphatic heterocycles. The Balaban J connectivity index is 0.00000144. The summed E-state index contributed by atoms with van der Waals surface area (Å²) in [5.41, 5.74) is 1.05. The number of carbonyl (C=O) groups is 1. The Kier molecular flexibility index (Phi) is 8.98. The smallest absolute Gasteiger partial charge is 0.237 e. The summed E-state index contributed by atoms with van der Waals surface area (Å²) in [4.78, 5) is 14.6. The Hall–Kier alpha value is -0.880. The van der Waals surface area contributed by atoms with E-state index in [9.17, 15) is 9.18 Å². The van der Waals surface area contributed by atoms with Gasteiger partial charge in [0.25, 0.3) is 0 Å². The lowest BCUT2D eigenvalue weighted by molar-refractivity contribution is -0.125. The van der Waals surface area contributed by atoms with Gasteiger partial charge in [-0.05, 0) is 56.5 Å². The van der Waals surface area contributed by atoms with E-state index in [2.05, 4.69) is 15.5 Å². The van der Waals surface area contributed by atoms with Crippen molar-refractivity contribution in [2.45, 2.75) is 44.3 Å². The minimum absolute atomic E-state index is 0. The molecule has 2 fully saturated rings. The van der Waals surface area contributed by atoms with Crippen molar-refractivity contribution >= 4 is 30.7 Å². The van der Waals surface area contributed by atoms with Crippen LogP contribution in [0.25, 0.3) is 0 Å². The Morgan fingerprint density at radius 1 is 1.21 bits per heavy atom. The number of halogens is 3. The number of benzene rings is 1. The molecular formula is C17H26Cl2FN3O. The van der Waals surface area contributed by atoms with Crippen LogP contribution in [0.3, 0.4) is 0 Å². The number of nitrogens with one attached hydrogen (secondary N) is 2. The molecule has 4 nitrogen and oxygen atoms in total. The molecule has 2 saturated heterocycles. The van der Waals surface area contributed by atoms with Gasteiger partial charge < -0.3 is 10.6 Å². The third-order valence-corrected chi connectivity index (χ3v) is 4.65. The summed E-state index contributed by atoms with van der Waals surface area (Å²) < 4.78 is 13.0. The molecule has 1 amide bonds. The molecule has 2 heterocycles. The zero-order valence-corrected chi connectivity index (χ0v) is 15.3. The van der Waals surface area contributed by atoms with Crippen molar-refractivity contribution < 1.29 is 9.18 Å². The van der Waals surface area contributed by atoms with E-state index in [1.54, 1.807) is 12.1 Å². The first-order valence-electron chi connectivity index (χ1n) is 8.22. The minimum Gasteiger partial charge on any atom is -0.353 e. The minimum atomic E-state index is -0.219. The van der Waals surface area contributed by atoms with Gasteiger partial charge in [0, 0.05) is 19.1 Å². The predicted molar refractivity (Wildman–Crippen MR) is 98.4 cm³/mol. The molecule has 0 saturated carbocycles. The van der Waals surface area contributed by atoms with Gasteiger partial charge in [-0.3, -0.25) is 9.69 Å². The van der Waals surface area contributed by atoms with Crippen molar-refractivity contribution in [1.82, 2.24) is 15.5 Å². The van der Waals surface area contributed by atoms with Gasteiger partial charge in [0.05, 0.1) is 6.04 Å². The van der Waals surface area contributed by atoms with Gasteiger partial charge in [-0.2, -0.15) is 0 Å². The van der Waals surface area contributed by atoms with Gasteiger partial charge in [0.2, 0.25) is 5.91 Å². The van der Waals surface area contributed by atoms with Crippen molar-refractivity contribution in [3.05, 3.63) is 35.6 Å². The van der Waals surface area contributed by atoms with Crippen molar-refractivity contribution in [3.8, 4) is 0 Å². The fourth-order valence-electron chi connectivity index (χ4n) is 3.41. The zero-order valence-electron chi connectivity index (χ0n) is 13.7. The number of carbonyl (C=O) groups excluding carboxylic acids is 1. The molecule has 136 valence electrons. The summed E-state index contributed by atoms with van der Waals surface area (Å²) in [6, 6.07) is 6.93. The molecule has 2 unspecified atom stereocenters. The molecule has 0 spiro atoms. The van der Waals surface area contributed by atoms with Crippen LogP contribution in [0.15, 0.2) is 24.3 Å². The van der Waals surface area contributed by atoms with Crippen LogP contribution in [0.1, 0.15) is 31.2 Å². The van der Waals surface area contributed by atoms with E-state index in [1.165, 1.54) is 18.6 Å². The summed E-state index contributed by atoms with van der Waals surface area (Å²) in [6.45, 7) is 3.41. The van der Waals surface area contributed by atoms with Crippen LogP contribution in [-0.2, 0) is 11.3 Å². The monoisotopic (exact) mass is 377 g/mol. The lowest BCUT2D eigenvalue weighted by Crippen LogP contribution is -2.46. The molecule has 3 rings (SSSR count). The van der Waals surface area contributed by atoms with Crippen molar-refractivity contribution in [2.75, 3.05) is 19.6 Å². The molecule has 1 aromatic carbocycles. The lowest BCUT2D eigenvalue weighted by Gasteiger charge is -2.24. The number of hydrogen-bond acceptors (Lipinski definition) is 3. The van der Waals surface area contributed by atoms with Crippen molar-refractivity contribution in [2.24, 2.45) is 0 Å². The van der Waals surface area contributed by atoms with Gasteiger partial charge in [-0.15, -0.1) is 24.8 Å². The first kappa shape index (κ1) is 21.2. The molecule has 0 aromatic heterocycles. The van der Waals surface area contributed by atoms with Crippen LogP contribution in [-0.4, -0.2) is 42.5 Å². The molecule has 2 aliphatic rings. The summed E-state index contributed by atoms with van der Waals surface area (Å²) in [6.07, 6.45) is 4.29. The second kappa shape index (κ2) is 10.2. The van der Waals surface area contributed by atoms with Gasteiger partial charge in [-0.25, -0.2) is 4.39 Å². The molecule has 0 aliphatic carbocycles. The van der Waals surface area contributed by atoms with Gasteiger partial charge in [0.15, 0.2) is 0 Å². The number of hydrogen-bond donors (Lipinski definition) is 2. The first-order valence-corrected chi connectivity index (χ1v) is 8.22. The fourth-order valence-corrected chi connectivity index (χ4v) is 3.41. The number of nitrogens with zero attached hydrogens (tertiary/aromatic N) is 1. The van der Waals surface area contributed by atoms with Crippen LogP contribution < -0.4 is 10.6 Å². The third kappa shape index (κ3) is 5.59. The van der Waals surface area contributed by atoms with E-state index < -0.39 is 0 Å². The maximum absolute atomic E-state index is 13.0.